The Morgan fingerprint density at radius 2 is 2.17 bits per heavy atom. The third-order valence-electron chi connectivity index (χ3n) is 2.67. The number of carbonyl (C=O) groups is 1. The number of esters is 1. The van der Waals surface area contributed by atoms with Gasteiger partial charge in [-0.3, -0.25) is 9.69 Å². The molecule has 0 radical (unpaired) electrons. The average molecular weight is 318 g/mol. The Morgan fingerprint density at radius 1 is 1.50 bits per heavy atom. The third-order valence-corrected chi connectivity index (χ3v) is 3.16. The lowest BCUT2D eigenvalue weighted by Crippen LogP contribution is -2.35. The molecular formula is C13H17BrFNO2. The van der Waals surface area contributed by atoms with Gasteiger partial charge in [-0.25, -0.2) is 4.39 Å². The van der Waals surface area contributed by atoms with E-state index in [0.29, 0.717) is 12.1 Å². The largest absolute Gasteiger partial charge is 0.468 e. The molecule has 100 valence electrons. The van der Waals surface area contributed by atoms with Crippen LogP contribution in [0.15, 0.2) is 22.7 Å². The molecule has 0 fully saturated rings. The Morgan fingerprint density at radius 3 is 2.72 bits per heavy atom. The van der Waals surface area contributed by atoms with Crippen molar-refractivity contribution in [2.24, 2.45) is 0 Å². The van der Waals surface area contributed by atoms with Crippen LogP contribution in [0.4, 0.5) is 4.39 Å². The highest BCUT2D eigenvalue weighted by Crippen LogP contribution is 2.18. The monoisotopic (exact) mass is 317 g/mol. The van der Waals surface area contributed by atoms with Crippen molar-refractivity contribution in [1.82, 2.24) is 4.90 Å². The SMILES string of the molecule is COC(=O)CN(Cc1cc(Br)ccc1F)C(C)C. The molecule has 0 heterocycles. The molecule has 0 saturated heterocycles. The summed E-state index contributed by atoms with van der Waals surface area (Å²) in [5.41, 5.74) is 0.557. The first kappa shape index (κ1) is 15.1. The normalized spacial score (nSPS) is 11.1. The molecule has 0 bridgehead atoms. The Bertz CT molecular complexity index is 423. The molecule has 0 amide bonds. The predicted molar refractivity (Wildman–Crippen MR) is 71.7 cm³/mol. The molecule has 1 aromatic rings. The van der Waals surface area contributed by atoms with Gasteiger partial charge in [0.15, 0.2) is 0 Å². The maximum Gasteiger partial charge on any atom is 0.319 e. The summed E-state index contributed by atoms with van der Waals surface area (Å²) in [6.07, 6.45) is 0. The lowest BCUT2D eigenvalue weighted by Gasteiger charge is -2.25. The number of nitrogens with zero attached hydrogens (tertiary/aromatic N) is 1. The number of ether oxygens (including phenoxy) is 1. The molecule has 3 nitrogen and oxygen atoms in total. The zero-order valence-corrected chi connectivity index (χ0v) is 12.3. The molecule has 5 heteroatoms. The Hall–Kier alpha value is -0.940. The van der Waals surface area contributed by atoms with E-state index in [2.05, 4.69) is 20.7 Å². The molecule has 18 heavy (non-hydrogen) atoms. The fourth-order valence-electron chi connectivity index (χ4n) is 1.53. The van der Waals surface area contributed by atoms with Gasteiger partial charge < -0.3 is 4.74 Å². The fraction of sp³-hybridized carbons (Fsp3) is 0.462. The van der Waals surface area contributed by atoms with Crippen molar-refractivity contribution in [2.45, 2.75) is 26.4 Å². The zero-order chi connectivity index (χ0) is 13.7. The van der Waals surface area contributed by atoms with Crippen molar-refractivity contribution in [1.29, 1.82) is 0 Å². The Balaban J connectivity index is 2.83. The lowest BCUT2D eigenvalue weighted by atomic mass is 10.1. The Labute approximate surface area is 115 Å². The minimum atomic E-state index is -0.320. The number of rotatable bonds is 5. The minimum absolute atomic E-state index is 0.127. The molecule has 0 N–H and O–H groups in total. The first-order valence-corrected chi connectivity index (χ1v) is 6.48. The van der Waals surface area contributed by atoms with Crippen LogP contribution in [0, 0.1) is 5.82 Å². The minimum Gasteiger partial charge on any atom is -0.468 e. The molecule has 0 unspecified atom stereocenters. The molecule has 0 aliphatic heterocycles. The van der Waals surface area contributed by atoms with E-state index in [4.69, 9.17) is 0 Å². The molecule has 1 aromatic carbocycles. The standard InChI is InChI=1S/C13H17BrFNO2/c1-9(2)16(8-13(17)18-3)7-10-6-11(14)4-5-12(10)15/h4-6,9H,7-8H2,1-3H3. The number of halogens is 2. The summed E-state index contributed by atoms with van der Waals surface area (Å²) >= 11 is 3.31. The van der Waals surface area contributed by atoms with Crippen LogP contribution >= 0.6 is 15.9 Å². The van der Waals surface area contributed by atoms with E-state index in [9.17, 15) is 9.18 Å². The number of hydrogen-bond acceptors (Lipinski definition) is 3. The highest BCUT2D eigenvalue weighted by atomic mass is 79.9. The van der Waals surface area contributed by atoms with Gasteiger partial charge in [-0.2, -0.15) is 0 Å². The van der Waals surface area contributed by atoms with Gasteiger partial charge in [0.2, 0.25) is 0 Å². The van der Waals surface area contributed by atoms with Crippen LogP contribution in [0.2, 0.25) is 0 Å². The second-order valence-corrected chi connectivity index (χ2v) is 5.23. The summed E-state index contributed by atoms with van der Waals surface area (Å²) in [6, 6.07) is 4.92. The first-order valence-electron chi connectivity index (χ1n) is 5.68. The average Bonchev–Trinajstić information content (AvgIpc) is 2.32. The van der Waals surface area contributed by atoms with Gasteiger partial charge in [-0.1, -0.05) is 15.9 Å². The first-order chi connectivity index (χ1) is 8.43. The van der Waals surface area contributed by atoms with Gasteiger partial charge in [-0.05, 0) is 32.0 Å². The fourth-order valence-corrected chi connectivity index (χ4v) is 1.94. The highest BCUT2D eigenvalue weighted by Gasteiger charge is 2.16. The quantitative estimate of drug-likeness (QED) is 0.782. The van der Waals surface area contributed by atoms with Crippen LogP contribution < -0.4 is 0 Å². The molecular weight excluding hydrogens is 301 g/mol. The second kappa shape index (κ2) is 6.85. The van der Waals surface area contributed by atoms with Crippen LogP contribution in [-0.2, 0) is 16.1 Å². The summed E-state index contributed by atoms with van der Waals surface area (Å²) in [7, 11) is 1.35. The van der Waals surface area contributed by atoms with Gasteiger partial charge in [0.1, 0.15) is 5.82 Å². The van der Waals surface area contributed by atoms with Crippen molar-refractivity contribution in [3.8, 4) is 0 Å². The van der Waals surface area contributed by atoms with E-state index >= 15 is 0 Å². The summed E-state index contributed by atoms with van der Waals surface area (Å²) < 4.78 is 19.1. The van der Waals surface area contributed by atoms with E-state index in [1.54, 1.807) is 12.1 Å². The molecule has 0 atom stereocenters. The highest BCUT2D eigenvalue weighted by molar-refractivity contribution is 9.10. The maximum absolute atomic E-state index is 13.6. The smallest absolute Gasteiger partial charge is 0.319 e. The van der Waals surface area contributed by atoms with Crippen molar-refractivity contribution in [3.05, 3.63) is 34.1 Å². The number of benzene rings is 1. The zero-order valence-electron chi connectivity index (χ0n) is 10.7. The van der Waals surface area contributed by atoms with Gasteiger partial charge >= 0.3 is 5.97 Å². The van der Waals surface area contributed by atoms with E-state index < -0.39 is 0 Å². The number of hydrogen-bond donors (Lipinski definition) is 0. The predicted octanol–water partition coefficient (Wildman–Crippen LogP) is 2.97. The summed E-state index contributed by atoms with van der Waals surface area (Å²) in [4.78, 5) is 13.2. The summed E-state index contributed by atoms with van der Waals surface area (Å²) in [5, 5.41) is 0. The molecule has 0 aliphatic rings. The van der Waals surface area contributed by atoms with Gasteiger partial charge in [-0.15, -0.1) is 0 Å². The number of carbonyl (C=O) groups excluding carboxylic acids is 1. The van der Waals surface area contributed by atoms with Gasteiger partial charge in [0, 0.05) is 22.6 Å². The van der Waals surface area contributed by atoms with Crippen LogP contribution in [0.25, 0.3) is 0 Å². The van der Waals surface area contributed by atoms with E-state index in [1.165, 1.54) is 13.2 Å². The summed E-state index contributed by atoms with van der Waals surface area (Å²) in [6.45, 7) is 4.44. The van der Waals surface area contributed by atoms with E-state index in [0.717, 1.165) is 4.47 Å². The van der Waals surface area contributed by atoms with E-state index in [-0.39, 0.29) is 24.4 Å². The lowest BCUT2D eigenvalue weighted by molar-refractivity contribution is -0.142. The molecule has 0 aliphatic carbocycles. The van der Waals surface area contributed by atoms with Crippen molar-refractivity contribution >= 4 is 21.9 Å². The molecule has 1 rings (SSSR count). The van der Waals surface area contributed by atoms with Crippen molar-refractivity contribution in [2.75, 3.05) is 13.7 Å². The molecule has 0 aromatic heterocycles. The Kier molecular flexibility index (Phi) is 5.75. The van der Waals surface area contributed by atoms with Gasteiger partial charge in [0.25, 0.3) is 0 Å². The van der Waals surface area contributed by atoms with Crippen LogP contribution in [0.3, 0.4) is 0 Å². The van der Waals surface area contributed by atoms with Crippen molar-refractivity contribution < 1.29 is 13.9 Å². The van der Waals surface area contributed by atoms with Crippen LogP contribution in [-0.4, -0.2) is 30.6 Å². The van der Waals surface area contributed by atoms with Crippen molar-refractivity contribution in [3.63, 3.8) is 0 Å². The van der Waals surface area contributed by atoms with E-state index in [1.807, 2.05) is 18.7 Å². The maximum atomic E-state index is 13.6. The molecule has 0 spiro atoms. The van der Waals surface area contributed by atoms with Gasteiger partial charge in [0.05, 0.1) is 13.7 Å². The van der Waals surface area contributed by atoms with Crippen LogP contribution in [0.5, 0.6) is 0 Å². The second-order valence-electron chi connectivity index (χ2n) is 4.31. The molecule has 0 saturated carbocycles. The summed E-state index contributed by atoms with van der Waals surface area (Å²) in [5.74, 6) is -0.590. The number of methoxy groups -OCH3 is 1. The third kappa shape index (κ3) is 4.38. The van der Waals surface area contributed by atoms with Crippen LogP contribution in [0.1, 0.15) is 19.4 Å². The topological polar surface area (TPSA) is 29.5 Å².